The van der Waals surface area contributed by atoms with Gasteiger partial charge in [0, 0.05) is 16.3 Å². The van der Waals surface area contributed by atoms with Crippen molar-refractivity contribution in [1.82, 2.24) is 0 Å². The highest BCUT2D eigenvalue weighted by molar-refractivity contribution is 7.99. The number of nitrogens with two attached hydrogens (primary N) is 1. The largest absolute Gasteiger partial charge is 0.497 e. The third-order valence-electron chi connectivity index (χ3n) is 2.73. The molecule has 1 aromatic carbocycles. The molecule has 0 aliphatic heterocycles. The zero-order valence-corrected chi connectivity index (χ0v) is 12.2. The number of ether oxygens (including phenoxy) is 1. The van der Waals surface area contributed by atoms with Gasteiger partial charge in [0.25, 0.3) is 0 Å². The van der Waals surface area contributed by atoms with Crippen LogP contribution in [0.15, 0.2) is 40.6 Å². The Kier molecular flexibility index (Phi) is 4.69. The molecule has 2 aromatic rings. The molecule has 0 aliphatic rings. The topological polar surface area (TPSA) is 35.2 Å². The fraction of sp³-hybridized carbons (Fsp3) is 0.286. The first-order valence-corrected chi connectivity index (χ1v) is 7.55. The second-order valence-corrected chi connectivity index (χ2v) is 6.21. The van der Waals surface area contributed by atoms with Gasteiger partial charge in [-0.3, -0.25) is 0 Å². The maximum atomic E-state index is 5.91. The molecule has 1 unspecified atom stereocenters. The first-order valence-electron chi connectivity index (χ1n) is 5.79. The van der Waals surface area contributed by atoms with E-state index in [0.29, 0.717) is 11.8 Å². The van der Waals surface area contributed by atoms with Crippen LogP contribution in [0, 0.1) is 6.92 Å². The summed E-state index contributed by atoms with van der Waals surface area (Å²) in [5.74, 6) is 0.888. The molecule has 0 saturated heterocycles. The number of benzene rings is 1. The van der Waals surface area contributed by atoms with Crippen LogP contribution in [0.4, 0.5) is 0 Å². The number of hydrogen-bond acceptors (Lipinski definition) is 4. The number of hydrogen-bond donors (Lipinski definition) is 1. The zero-order chi connectivity index (χ0) is 13.0. The predicted octanol–water partition coefficient (Wildman–Crippen LogP) is 3.86. The summed E-state index contributed by atoms with van der Waals surface area (Å²) in [5.41, 5.74) is 7.23. The molecule has 4 heteroatoms. The Balaban J connectivity index is 2.18. The lowest BCUT2D eigenvalue weighted by Crippen LogP contribution is -2.08. The van der Waals surface area contributed by atoms with Gasteiger partial charge in [0.05, 0.1) is 12.4 Å². The molecule has 0 aliphatic carbocycles. The van der Waals surface area contributed by atoms with Crippen molar-refractivity contribution in [2.75, 3.05) is 13.7 Å². The van der Waals surface area contributed by atoms with E-state index in [1.165, 1.54) is 15.3 Å². The van der Waals surface area contributed by atoms with Gasteiger partial charge in [-0.05, 0) is 42.1 Å². The van der Waals surface area contributed by atoms with E-state index in [4.69, 9.17) is 10.5 Å². The first-order chi connectivity index (χ1) is 8.74. The first kappa shape index (κ1) is 13.5. The van der Waals surface area contributed by atoms with Crippen LogP contribution in [0.25, 0.3) is 0 Å². The molecule has 0 fully saturated rings. The normalized spacial score (nSPS) is 12.4. The average Bonchev–Trinajstić information content (AvgIpc) is 2.82. The predicted molar refractivity (Wildman–Crippen MR) is 79.7 cm³/mol. The van der Waals surface area contributed by atoms with Crippen LogP contribution in [0.3, 0.4) is 0 Å². The van der Waals surface area contributed by atoms with Crippen LogP contribution < -0.4 is 10.5 Å². The van der Waals surface area contributed by atoms with Crippen LogP contribution in [0.5, 0.6) is 5.75 Å². The third-order valence-corrected chi connectivity index (χ3v) is 5.25. The number of thioether (sulfide) groups is 1. The SMILES string of the molecule is COc1cccc(SC(CN)c2sccc2C)c1. The summed E-state index contributed by atoms with van der Waals surface area (Å²) in [7, 11) is 1.69. The van der Waals surface area contributed by atoms with E-state index in [9.17, 15) is 0 Å². The Bertz CT molecular complexity index is 510. The van der Waals surface area contributed by atoms with E-state index in [0.717, 1.165) is 5.75 Å². The van der Waals surface area contributed by atoms with E-state index in [-0.39, 0.29) is 0 Å². The molecular formula is C14H17NOS2. The van der Waals surface area contributed by atoms with Crippen molar-refractivity contribution in [2.45, 2.75) is 17.1 Å². The van der Waals surface area contributed by atoms with Crippen LogP contribution >= 0.6 is 23.1 Å². The summed E-state index contributed by atoms with van der Waals surface area (Å²) in [6, 6.07) is 10.3. The molecule has 0 amide bonds. The molecule has 1 atom stereocenters. The van der Waals surface area contributed by atoms with Crippen molar-refractivity contribution >= 4 is 23.1 Å². The molecule has 2 rings (SSSR count). The van der Waals surface area contributed by atoms with Crippen molar-refractivity contribution in [3.8, 4) is 5.75 Å². The van der Waals surface area contributed by atoms with Gasteiger partial charge in [0.15, 0.2) is 0 Å². The van der Waals surface area contributed by atoms with E-state index in [1.807, 2.05) is 12.1 Å². The number of rotatable bonds is 5. The van der Waals surface area contributed by atoms with E-state index >= 15 is 0 Å². The molecule has 96 valence electrons. The standard InChI is InChI=1S/C14H17NOS2/c1-10-6-7-17-14(10)13(9-15)18-12-5-3-4-11(8-12)16-2/h3-8,13H,9,15H2,1-2H3. The molecule has 1 aromatic heterocycles. The van der Waals surface area contributed by atoms with Crippen LogP contribution in [-0.2, 0) is 0 Å². The molecule has 0 saturated carbocycles. The molecule has 2 nitrogen and oxygen atoms in total. The highest BCUT2D eigenvalue weighted by Gasteiger charge is 2.15. The molecule has 18 heavy (non-hydrogen) atoms. The lowest BCUT2D eigenvalue weighted by molar-refractivity contribution is 0.413. The highest BCUT2D eigenvalue weighted by atomic mass is 32.2. The summed E-state index contributed by atoms with van der Waals surface area (Å²) in [6.45, 7) is 2.78. The molecule has 0 spiro atoms. The monoisotopic (exact) mass is 279 g/mol. The summed E-state index contributed by atoms with van der Waals surface area (Å²) < 4.78 is 5.24. The van der Waals surface area contributed by atoms with Crippen molar-refractivity contribution in [3.63, 3.8) is 0 Å². The summed E-state index contributed by atoms with van der Waals surface area (Å²) >= 11 is 3.57. The lowest BCUT2D eigenvalue weighted by Gasteiger charge is -2.14. The van der Waals surface area contributed by atoms with Gasteiger partial charge in [0.1, 0.15) is 5.75 Å². The van der Waals surface area contributed by atoms with Crippen molar-refractivity contribution in [3.05, 3.63) is 46.2 Å². The van der Waals surface area contributed by atoms with Gasteiger partial charge in [-0.25, -0.2) is 0 Å². The number of methoxy groups -OCH3 is 1. The maximum Gasteiger partial charge on any atom is 0.119 e. The van der Waals surface area contributed by atoms with Crippen molar-refractivity contribution in [1.29, 1.82) is 0 Å². The summed E-state index contributed by atoms with van der Waals surface area (Å²) in [4.78, 5) is 2.56. The maximum absolute atomic E-state index is 5.91. The molecule has 0 radical (unpaired) electrons. The van der Waals surface area contributed by atoms with E-state index in [1.54, 1.807) is 30.2 Å². The second-order valence-electron chi connectivity index (χ2n) is 3.99. The van der Waals surface area contributed by atoms with Crippen LogP contribution in [0.2, 0.25) is 0 Å². The number of aryl methyl sites for hydroxylation is 1. The Morgan fingerprint density at radius 1 is 1.39 bits per heavy atom. The minimum atomic E-state index is 0.317. The number of thiophene rings is 1. The lowest BCUT2D eigenvalue weighted by atomic mass is 10.2. The van der Waals surface area contributed by atoms with Gasteiger partial charge >= 0.3 is 0 Å². The fourth-order valence-corrected chi connectivity index (χ4v) is 4.05. The van der Waals surface area contributed by atoms with E-state index in [2.05, 4.69) is 30.5 Å². The van der Waals surface area contributed by atoms with Gasteiger partial charge in [-0.1, -0.05) is 6.07 Å². The Morgan fingerprint density at radius 2 is 2.22 bits per heavy atom. The second kappa shape index (κ2) is 6.27. The van der Waals surface area contributed by atoms with Crippen molar-refractivity contribution < 1.29 is 4.74 Å². The quantitative estimate of drug-likeness (QED) is 0.844. The minimum absolute atomic E-state index is 0.317. The molecule has 0 bridgehead atoms. The third kappa shape index (κ3) is 3.07. The van der Waals surface area contributed by atoms with Gasteiger partial charge in [-0.15, -0.1) is 23.1 Å². The van der Waals surface area contributed by atoms with Gasteiger partial charge < -0.3 is 10.5 Å². The molecule has 2 N–H and O–H groups in total. The highest BCUT2D eigenvalue weighted by Crippen LogP contribution is 2.39. The smallest absolute Gasteiger partial charge is 0.119 e. The van der Waals surface area contributed by atoms with Gasteiger partial charge in [0.2, 0.25) is 0 Å². The molecule has 1 heterocycles. The van der Waals surface area contributed by atoms with Crippen LogP contribution in [0.1, 0.15) is 15.7 Å². The summed E-state index contributed by atoms with van der Waals surface area (Å²) in [5, 5.41) is 2.44. The van der Waals surface area contributed by atoms with E-state index < -0.39 is 0 Å². The summed E-state index contributed by atoms with van der Waals surface area (Å²) in [6.07, 6.45) is 0. The Morgan fingerprint density at radius 3 is 2.83 bits per heavy atom. The van der Waals surface area contributed by atoms with Crippen LogP contribution in [-0.4, -0.2) is 13.7 Å². The molecular weight excluding hydrogens is 262 g/mol. The zero-order valence-electron chi connectivity index (χ0n) is 10.6. The Hall–Kier alpha value is -0.970. The fourth-order valence-electron chi connectivity index (χ4n) is 1.76. The van der Waals surface area contributed by atoms with Crippen molar-refractivity contribution in [2.24, 2.45) is 5.73 Å². The Labute approximate surface area is 116 Å². The minimum Gasteiger partial charge on any atom is -0.497 e. The van der Waals surface area contributed by atoms with Gasteiger partial charge in [-0.2, -0.15) is 0 Å². The average molecular weight is 279 g/mol.